The fourth-order valence-electron chi connectivity index (χ4n) is 2.12. The Morgan fingerprint density at radius 1 is 1.60 bits per heavy atom. The van der Waals surface area contributed by atoms with E-state index in [4.69, 9.17) is 5.26 Å². The van der Waals surface area contributed by atoms with E-state index in [1.54, 1.807) is 0 Å². The molecule has 1 unspecified atom stereocenters. The van der Waals surface area contributed by atoms with Crippen LogP contribution in [0.15, 0.2) is 0 Å². The maximum absolute atomic E-state index is 8.63. The molecule has 1 aliphatic rings. The largest absolute Gasteiger partial charge is 0.246 e. The van der Waals surface area contributed by atoms with Crippen LogP contribution in [0.25, 0.3) is 0 Å². The van der Waals surface area contributed by atoms with E-state index in [1.165, 1.54) is 19.3 Å². The highest BCUT2D eigenvalue weighted by Crippen LogP contribution is 2.36. The summed E-state index contributed by atoms with van der Waals surface area (Å²) in [6.45, 7) is 4.20. The summed E-state index contributed by atoms with van der Waals surface area (Å²) in [4.78, 5) is 0. The minimum atomic E-state index is 0.364. The highest BCUT2D eigenvalue weighted by atomic mass is 15.4. The van der Waals surface area contributed by atoms with Crippen LogP contribution in [-0.2, 0) is 6.42 Å². The summed E-state index contributed by atoms with van der Waals surface area (Å²) in [5.41, 5.74) is 1.87. The summed E-state index contributed by atoms with van der Waals surface area (Å²) in [5, 5.41) is 16.8. The molecule has 0 aliphatic heterocycles. The zero-order valence-corrected chi connectivity index (χ0v) is 9.27. The van der Waals surface area contributed by atoms with E-state index in [2.05, 4.69) is 23.3 Å². The van der Waals surface area contributed by atoms with Gasteiger partial charge >= 0.3 is 0 Å². The monoisotopic (exact) mass is 204 g/mol. The van der Waals surface area contributed by atoms with Crippen LogP contribution >= 0.6 is 0 Å². The Labute approximate surface area is 89.9 Å². The van der Waals surface area contributed by atoms with Crippen LogP contribution in [0.2, 0.25) is 0 Å². The summed E-state index contributed by atoms with van der Waals surface area (Å²) in [6, 6.07) is 2.55. The molecule has 1 aromatic heterocycles. The molecule has 80 valence electrons. The molecule has 0 aromatic carbocycles. The van der Waals surface area contributed by atoms with Crippen LogP contribution in [0.4, 0.5) is 0 Å². The number of hydrogen-bond acceptors (Lipinski definition) is 3. The minimum absolute atomic E-state index is 0.364. The first-order chi connectivity index (χ1) is 7.24. The molecule has 1 fully saturated rings. The van der Waals surface area contributed by atoms with Crippen LogP contribution in [-0.4, -0.2) is 15.0 Å². The predicted octanol–water partition coefficient (Wildman–Crippen LogP) is 2.01. The molecule has 2 rings (SSSR count). The lowest BCUT2D eigenvalue weighted by Crippen LogP contribution is -2.24. The summed E-state index contributed by atoms with van der Waals surface area (Å²) in [6.07, 6.45) is 4.30. The first kappa shape index (κ1) is 10.2. The lowest BCUT2D eigenvalue weighted by Gasteiger charge is -2.31. The van der Waals surface area contributed by atoms with Crippen LogP contribution in [0.3, 0.4) is 0 Å². The molecular weight excluding hydrogens is 188 g/mol. The average molecular weight is 204 g/mol. The Morgan fingerprint density at radius 3 is 2.87 bits per heavy atom. The van der Waals surface area contributed by atoms with Crippen molar-refractivity contribution in [3.63, 3.8) is 0 Å². The van der Waals surface area contributed by atoms with Crippen molar-refractivity contribution < 1.29 is 0 Å². The molecule has 0 N–H and O–H groups in total. The molecule has 1 aliphatic carbocycles. The molecular formula is C11H16N4. The highest BCUT2D eigenvalue weighted by Gasteiger charge is 2.27. The van der Waals surface area contributed by atoms with Gasteiger partial charge in [0.25, 0.3) is 0 Å². The molecule has 15 heavy (non-hydrogen) atoms. The number of nitriles is 1. The second-order valence-corrected chi connectivity index (χ2v) is 4.33. The van der Waals surface area contributed by atoms with Crippen molar-refractivity contribution in [1.29, 1.82) is 5.26 Å². The maximum Gasteiger partial charge on any atom is 0.0996 e. The Bertz CT molecular complexity index is 384. The lowest BCUT2D eigenvalue weighted by molar-refractivity contribution is 0.206. The summed E-state index contributed by atoms with van der Waals surface area (Å²) in [5.74, 6) is 0.750. The van der Waals surface area contributed by atoms with Crippen LogP contribution in [0.1, 0.15) is 43.6 Å². The maximum atomic E-state index is 8.63. The van der Waals surface area contributed by atoms with Crippen molar-refractivity contribution in [3.05, 3.63) is 11.4 Å². The van der Waals surface area contributed by atoms with Crippen molar-refractivity contribution >= 4 is 0 Å². The Balaban J connectivity index is 2.17. The zero-order chi connectivity index (χ0) is 10.8. The molecule has 1 atom stereocenters. The van der Waals surface area contributed by atoms with Gasteiger partial charge < -0.3 is 0 Å². The fraction of sp³-hybridized carbons (Fsp3) is 0.727. The smallest absolute Gasteiger partial charge is 0.0996 e. The van der Waals surface area contributed by atoms with E-state index in [1.807, 2.05) is 11.6 Å². The van der Waals surface area contributed by atoms with E-state index >= 15 is 0 Å². The van der Waals surface area contributed by atoms with Gasteiger partial charge in [-0.15, -0.1) is 5.10 Å². The summed E-state index contributed by atoms with van der Waals surface area (Å²) >= 11 is 0. The van der Waals surface area contributed by atoms with Crippen LogP contribution in [0, 0.1) is 24.2 Å². The Morgan fingerprint density at radius 2 is 2.33 bits per heavy atom. The normalized spacial score (nSPS) is 18.2. The number of hydrogen-bond donors (Lipinski definition) is 0. The van der Waals surface area contributed by atoms with Crippen molar-refractivity contribution in [3.8, 4) is 6.07 Å². The van der Waals surface area contributed by atoms with Gasteiger partial charge in [-0.1, -0.05) is 11.6 Å². The number of rotatable bonds is 3. The molecule has 0 saturated heterocycles. The molecule has 0 amide bonds. The third-order valence-electron chi connectivity index (χ3n) is 3.49. The molecule has 4 heteroatoms. The Kier molecular flexibility index (Phi) is 2.72. The summed E-state index contributed by atoms with van der Waals surface area (Å²) in [7, 11) is 0. The third-order valence-corrected chi connectivity index (χ3v) is 3.49. The lowest BCUT2D eigenvalue weighted by atomic mass is 9.80. The highest BCUT2D eigenvalue weighted by molar-refractivity contribution is 5.13. The van der Waals surface area contributed by atoms with Crippen molar-refractivity contribution in [2.75, 3.05) is 0 Å². The quantitative estimate of drug-likeness (QED) is 0.756. The van der Waals surface area contributed by atoms with Gasteiger partial charge in [-0.25, -0.2) is 4.68 Å². The molecule has 1 heterocycles. The average Bonchev–Trinajstić information content (AvgIpc) is 2.46. The van der Waals surface area contributed by atoms with Gasteiger partial charge in [0.05, 0.1) is 29.9 Å². The zero-order valence-electron chi connectivity index (χ0n) is 9.27. The minimum Gasteiger partial charge on any atom is -0.246 e. The molecule has 1 aromatic rings. The van der Waals surface area contributed by atoms with E-state index in [9.17, 15) is 0 Å². The van der Waals surface area contributed by atoms with E-state index in [-0.39, 0.29) is 0 Å². The first-order valence-electron chi connectivity index (χ1n) is 5.51. The van der Waals surface area contributed by atoms with Gasteiger partial charge in [0.2, 0.25) is 0 Å². The van der Waals surface area contributed by atoms with Gasteiger partial charge in [0.15, 0.2) is 0 Å². The Hall–Kier alpha value is -1.37. The third kappa shape index (κ3) is 1.74. The number of nitrogens with zero attached hydrogens (tertiary/aromatic N) is 4. The van der Waals surface area contributed by atoms with Gasteiger partial charge in [0.1, 0.15) is 0 Å². The predicted molar refractivity (Wildman–Crippen MR) is 56.1 cm³/mol. The van der Waals surface area contributed by atoms with E-state index in [0.717, 1.165) is 17.3 Å². The van der Waals surface area contributed by atoms with Crippen LogP contribution in [0.5, 0.6) is 0 Å². The van der Waals surface area contributed by atoms with Crippen molar-refractivity contribution in [1.82, 2.24) is 15.0 Å². The SMILES string of the molecule is Cc1c(CC#N)nnn1C(C)C1CCC1. The molecule has 0 bridgehead atoms. The number of aromatic nitrogens is 3. The van der Waals surface area contributed by atoms with E-state index < -0.39 is 0 Å². The van der Waals surface area contributed by atoms with Crippen molar-refractivity contribution in [2.24, 2.45) is 5.92 Å². The van der Waals surface area contributed by atoms with Crippen molar-refractivity contribution in [2.45, 2.75) is 45.6 Å². The molecule has 1 saturated carbocycles. The van der Waals surface area contributed by atoms with Gasteiger partial charge in [-0.2, -0.15) is 5.26 Å². The first-order valence-corrected chi connectivity index (χ1v) is 5.51. The van der Waals surface area contributed by atoms with Gasteiger partial charge in [-0.05, 0) is 32.6 Å². The summed E-state index contributed by atoms with van der Waals surface area (Å²) < 4.78 is 1.98. The second-order valence-electron chi connectivity index (χ2n) is 4.33. The topological polar surface area (TPSA) is 54.5 Å². The van der Waals surface area contributed by atoms with E-state index in [0.29, 0.717) is 12.5 Å². The molecule has 4 nitrogen and oxygen atoms in total. The molecule has 0 spiro atoms. The van der Waals surface area contributed by atoms with Gasteiger partial charge in [0, 0.05) is 0 Å². The standard InChI is InChI=1S/C11H16N4/c1-8(10-4-3-5-10)15-9(2)11(6-7-12)13-14-15/h8,10H,3-6H2,1-2H3. The van der Waals surface area contributed by atoms with Gasteiger partial charge in [-0.3, -0.25) is 0 Å². The second kappa shape index (κ2) is 4.01. The van der Waals surface area contributed by atoms with Crippen LogP contribution < -0.4 is 0 Å². The molecule has 0 radical (unpaired) electrons. The fourth-order valence-corrected chi connectivity index (χ4v) is 2.12.